The second-order valence-corrected chi connectivity index (χ2v) is 9.92. The van der Waals surface area contributed by atoms with E-state index in [2.05, 4.69) is 25.3 Å². The molecule has 11 heteroatoms. The third-order valence-electron chi connectivity index (χ3n) is 6.65. The molecule has 1 aliphatic rings. The predicted molar refractivity (Wildman–Crippen MR) is 147 cm³/mol. The number of likely N-dealkylation sites (tertiary alicyclic amines) is 1. The number of halogens is 2. The Hall–Kier alpha value is -4.25. The molecular formula is C29H32F2N6O3. The van der Waals surface area contributed by atoms with Crippen LogP contribution in [-0.4, -0.2) is 71.1 Å². The number of hydrogen-bond acceptors (Lipinski definition) is 7. The van der Waals surface area contributed by atoms with Crippen molar-refractivity contribution in [1.82, 2.24) is 19.8 Å². The molecule has 0 atom stereocenters. The van der Waals surface area contributed by atoms with E-state index in [4.69, 9.17) is 4.84 Å². The Morgan fingerprint density at radius 3 is 2.50 bits per heavy atom. The van der Waals surface area contributed by atoms with Crippen molar-refractivity contribution in [3.05, 3.63) is 89.0 Å². The molecule has 2 aromatic heterocycles. The summed E-state index contributed by atoms with van der Waals surface area (Å²) in [5, 5.41) is 6.83. The van der Waals surface area contributed by atoms with E-state index in [1.165, 1.54) is 17.9 Å². The van der Waals surface area contributed by atoms with Crippen LogP contribution in [0, 0.1) is 11.6 Å². The molecule has 0 radical (unpaired) electrons. The van der Waals surface area contributed by atoms with Gasteiger partial charge < -0.3 is 15.1 Å². The lowest BCUT2D eigenvalue weighted by molar-refractivity contribution is -0.133. The van der Waals surface area contributed by atoms with Crippen molar-refractivity contribution >= 4 is 23.2 Å². The first-order chi connectivity index (χ1) is 19.2. The number of carbonyl (C=O) groups is 2. The average Bonchev–Trinajstić information content (AvgIpc) is 2.93. The molecule has 1 aliphatic heterocycles. The first-order valence-electron chi connectivity index (χ1n) is 13.0. The number of pyridine rings is 2. The monoisotopic (exact) mass is 550 g/mol. The van der Waals surface area contributed by atoms with Gasteiger partial charge in [0.25, 0.3) is 5.91 Å². The van der Waals surface area contributed by atoms with E-state index < -0.39 is 11.6 Å². The molecule has 9 nitrogen and oxygen atoms in total. The number of aromatic nitrogens is 2. The minimum absolute atomic E-state index is 0.122. The molecule has 0 unspecified atom stereocenters. The first-order valence-corrected chi connectivity index (χ1v) is 13.0. The average molecular weight is 551 g/mol. The highest BCUT2D eigenvalue weighted by Crippen LogP contribution is 2.29. The topological polar surface area (TPSA) is 100 Å². The van der Waals surface area contributed by atoms with Crippen LogP contribution in [0.4, 0.5) is 14.5 Å². The molecule has 40 heavy (non-hydrogen) atoms. The van der Waals surface area contributed by atoms with Crippen molar-refractivity contribution in [2.45, 2.75) is 32.2 Å². The normalized spacial score (nSPS) is 14.6. The molecule has 1 N–H and O–H groups in total. The van der Waals surface area contributed by atoms with Gasteiger partial charge in [-0.25, -0.2) is 8.78 Å². The molecule has 1 aromatic carbocycles. The summed E-state index contributed by atoms with van der Waals surface area (Å²) in [6.07, 6.45) is 7.16. The van der Waals surface area contributed by atoms with Crippen LogP contribution in [0.5, 0.6) is 0 Å². The summed E-state index contributed by atoms with van der Waals surface area (Å²) in [7, 11) is 3.19. The van der Waals surface area contributed by atoms with Gasteiger partial charge in [-0.1, -0.05) is 11.2 Å². The van der Waals surface area contributed by atoms with Gasteiger partial charge in [0.2, 0.25) is 5.91 Å². The zero-order chi connectivity index (χ0) is 28.6. The van der Waals surface area contributed by atoms with Gasteiger partial charge in [0.05, 0.1) is 17.6 Å². The third kappa shape index (κ3) is 7.66. The Bertz CT molecular complexity index is 1370. The number of piperidine rings is 1. The third-order valence-corrected chi connectivity index (χ3v) is 6.65. The number of anilines is 1. The fourth-order valence-corrected chi connectivity index (χ4v) is 4.47. The predicted octanol–water partition coefficient (Wildman–Crippen LogP) is 3.95. The molecule has 2 amide bonds. The number of hydrogen-bond donors (Lipinski definition) is 1. The summed E-state index contributed by atoms with van der Waals surface area (Å²) in [4.78, 5) is 41.0. The number of nitrogens with one attached hydrogen (secondary N) is 1. The van der Waals surface area contributed by atoms with Crippen LogP contribution in [0.3, 0.4) is 0 Å². The molecular weight excluding hydrogens is 518 g/mol. The number of oxime groups is 1. The van der Waals surface area contributed by atoms with Crippen LogP contribution >= 0.6 is 0 Å². The van der Waals surface area contributed by atoms with Gasteiger partial charge in [-0.2, -0.15) is 0 Å². The van der Waals surface area contributed by atoms with E-state index >= 15 is 0 Å². The summed E-state index contributed by atoms with van der Waals surface area (Å²) in [6, 6.07) is 9.06. The van der Waals surface area contributed by atoms with Crippen molar-refractivity contribution < 1.29 is 23.2 Å². The van der Waals surface area contributed by atoms with Crippen molar-refractivity contribution in [3.8, 4) is 0 Å². The molecule has 0 saturated carbocycles. The lowest BCUT2D eigenvalue weighted by atomic mass is 9.90. The molecule has 3 heterocycles. The summed E-state index contributed by atoms with van der Waals surface area (Å²) in [6.45, 7) is 3.67. The van der Waals surface area contributed by atoms with Gasteiger partial charge in [0.15, 0.2) is 18.2 Å². The summed E-state index contributed by atoms with van der Waals surface area (Å²) in [5.41, 5.74) is 3.68. The smallest absolute Gasteiger partial charge is 0.262 e. The van der Waals surface area contributed by atoms with E-state index in [-0.39, 0.29) is 29.7 Å². The van der Waals surface area contributed by atoms with E-state index in [9.17, 15) is 18.4 Å². The van der Waals surface area contributed by atoms with Crippen LogP contribution in [0.1, 0.15) is 48.1 Å². The SMILES string of the molecule is CC(=O)Nc1cncc(C2CCN(Cc3ccc(C(=NOCC(=O)N(C)C)c4ccc(F)c(F)c4)nc3)CC2)c1. The molecule has 3 aromatic rings. The fourth-order valence-electron chi connectivity index (χ4n) is 4.47. The van der Waals surface area contributed by atoms with Gasteiger partial charge in [0.1, 0.15) is 5.71 Å². The maximum Gasteiger partial charge on any atom is 0.262 e. The largest absolute Gasteiger partial charge is 0.385 e. The summed E-state index contributed by atoms with van der Waals surface area (Å²) in [5.74, 6) is -2.05. The van der Waals surface area contributed by atoms with Crippen molar-refractivity contribution in [2.24, 2.45) is 5.16 Å². The van der Waals surface area contributed by atoms with Crippen LogP contribution in [0.2, 0.25) is 0 Å². The molecule has 4 rings (SSSR count). The van der Waals surface area contributed by atoms with Crippen LogP contribution in [-0.2, 0) is 21.0 Å². The van der Waals surface area contributed by atoms with E-state index in [0.717, 1.165) is 49.2 Å². The van der Waals surface area contributed by atoms with Crippen molar-refractivity contribution in [1.29, 1.82) is 0 Å². The molecule has 1 fully saturated rings. The molecule has 0 spiro atoms. The van der Waals surface area contributed by atoms with Crippen LogP contribution < -0.4 is 5.32 Å². The van der Waals surface area contributed by atoms with Crippen LogP contribution in [0.15, 0.2) is 60.1 Å². The second-order valence-electron chi connectivity index (χ2n) is 9.92. The molecule has 0 bridgehead atoms. The highest BCUT2D eigenvalue weighted by atomic mass is 19.2. The van der Waals surface area contributed by atoms with Gasteiger partial charge in [-0.3, -0.25) is 24.5 Å². The maximum atomic E-state index is 14.0. The Labute approximate surface area is 231 Å². The maximum absolute atomic E-state index is 14.0. The summed E-state index contributed by atoms with van der Waals surface area (Å²) < 4.78 is 27.5. The minimum Gasteiger partial charge on any atom is -0.385 e. The van der Waals surface area contributed by atoms with Crippen LogP contribution in [0.25, 0.3) is 0 Å². The highest BCUT2D eigenvalue weighted by Gasteiger charge is 2.22. The van der Waals surface area contributed by atoms with E-state index in [1.807, 2.05) is 18.3 Å². The summed E-state index contributed by atoms with van der Waals surface area (Å²) >= 11 is 0. The number of likely N-dealkylation sites (N-methyl/N-ethyl adjacent to an activating group) is 1. The molecule has 1 saturated heterocycles. The van der Waals surface area contributed by atoms with Gasteiger partial charge in [-0.15, -0.1) is 0 Å². The number of carbonyl (C=O) groups excluding carboxylic acids is 2. The Kier molecular flexibility index (Phi) is 9.49. The Balaban J connectivity index is 1.41. The number of nitrogens with zero attached hydrogens (tertiary/aromatic N) is 5. The lowest BCUT2D eigenvalue weighted by Crippen LogP contribution is -2.32. The fraction of sp³-hybridized carbons (Fsp3) is 0.345. The van der Waals surface area contributed by atoms with Gasteiger partial charge in [-0.05, 0) is 73.3 Å². The van der Waals surface area contributed by atoms with Gasteiger partial charge >= 0.3 is 0 Å². The Morgan fingerprint density at radius 1 is 1.07 bits per heavy atom. The molecule has 0 aliphatic carbocycles. The number of amides is 2. The second kappa shape index (κ2) is 13.2. The van der Waals surface area contributed by atoms with Crippen molar-refractivity contribution in [3.63, 3.8) is 0 Å². The van der Waals surface area contributed by atoms with Crippen molar-refractivity contribution in [2.75, 3.05) is 39.1 Å². The zero-order valence-corrected chi connectivity index (χ0v) is 22.7. The van der Waals surface area contributed by atoms with E-state index in [1.54, 1.807) is 32.6 Å². The minimum atomic E-state index is -1.02. The van der Waals surface area contributed by atoms with E-state index in [0.29, 0.717) is 23.8 Å². The standard InChI is InChI=1S/C29H32F2N6O3/c1-19(38)34-24-12-23(15-32-16-24)21-8-10-37(11-9-21)17-20-4-7-27(33-14-20)29(35-40-18-28(39)36(2)3)22-5-6-25(30)26(31)13-22/h4-7,12-16,21H,8-11,17-18H2,1-3H3,(H,34,38). The number of benzene rings is 1. The first kappa shape index (κ1) is 28.8. The molecule has 210 valence electrons. The number of rotatable bonds is 9. The van der Waals surface area contributed by atoms with Gasteiger partial charge in [0, 0.05) is 45.5 Å². The highest BCUT2D eigenvalue weighted by molar-refractivity contribution is 6.11. The lowest BCUT2D eigenvalue weighted by Gasteiger charge is -2.32. The zero-order valence-electron chi connectivity index (χ0n) is 22.7. The quantitative estimate of drug-likeness (QED) is 0.320. The Morgan fingerprint density at radius 2 is 1.85 bits per heavy atom.